The largest absolute Gasteiger partial charge is 0.478 e. The quantitative estimate of drug-likeness (QED) is 0.772. The summed E-state index contributed by atoms with van der Waals surface area (Å²) >= 11 is 0. The molecule has 104 valence electrons. The van der Waals surface area contributed by atoms with Gasteiger partial charge in [-0.1, -0.05) is 24.3 Å². The van der Waals surface area contributed by atoms with Crippen LogP contribution in [0.1, 0.15) is 15.9 Å². The number of benzene rings is 2. The van der Waals surface area contributed by atoms with Crippen molar-refractivity contribution in [1.29, 1.82) is 0 Å². The Bertz CT molecular complexity index is 828. The zero-order valence-electron chi connectivity index (χ0n) is 11.3. The normalized spacial score (nSPS) is 10.7. The standard InChI is InChI=1S/C17H14N2O2/c18-9-13-8-12(17(20)21)5-6-15(13)14-7-11-3-1-2-4-16(11)19-10-14/h1-8,10H,9,18H2,(H,20,21). The Kier molecular flexibility index (Phi) is 3.38. The highest BCUT2D eigenvalue weighted by Crippen LogP contribution is 2.26. The van der Waals surface area contributed by atoms with E-state index in [0.717, 1.165) is 27.6 Å². The second-order valence-corrected chi connectivity index (χ2v) is 4.80. The summed E-state index contributed by atoms with van der Waals surface area (Å²) in [5.74, 6) is -0.951. The van der Waals surface area contributed by atoms with E-state index in [2.05, 4.69) is 4.98 Å². The molecule has 3 rings (SSSR count). The highest BCUT2D eigenvalue weighted by molar-refractivity contribution is 5.90. The van der Waals surface area contributed by atoms with Crippen LogP contribution in [0.3, 0.4) is 0 Å². The molecule has 0 unspecified atom stereocenters. The van der Waals surface area contributed by atoms with Crippen LogP contribution in [0.5, 0.6) is 0 Å². The predicted octanol–water partition coefficient (Wildman–Crippen LogP) is 3.06. The third-order valence-corrected chi connectivity index (χ3v) is 3.47. The van der Waals surface area contributed by atoms with Crippen LogP contribution in [0, 0.1) is 0 Å². The van der Waals surface area contributed by atoms with Crippen LogP contribution in [0.4, 0.5) is 0 Å². The molecule has 0 saturated heterocycles. The lowest BCUT2D eigenvalue weighted by molar-refractivity contribution is 0.0697. The van der Waals surface area contributed by atoms with Gasteiger partial charge in [0.15, 0.2) is 0 Å². The number of para-hydroxylation sites is 1. The monoisotopic (exact) mass is 278 g/mol. The molecular weight excluding hydrogens is 264 g/mol. The van der Waals surface area contributed by atoms with E-state index in [4.69, 9.17) is 10.8 Å². The van der Waals surface area contributed by atoms with Crippen LogP contribution in [0.25, 0.3) is 22.0 Å². The van der Waals surface area contributed by atoms with Crippen molar-refractivity contribution in [1.82, 2.24) is 4.98 Å². The molecule has 0 aliphatic heterocycles. The maximum Gasteiger partial charge on any atom is 0.335 e. The first-order chi connectivity index (χ1) is 10.2. The van der Waals surface area contributed by atoms with Crippen molar-refractivity contribution >= 4 is 16.9 Å². The molecule has 0 aliphatic carbocycles. The zero-order valence-corrected chi connectivity index (χ0v) is 11.3. The predicted molar refractivity (Wildman–Crippen MR) is 82.0 cm³/mol. The maximum atomic E-state index is 11.0. The molecule has 0 atom stereocenters. The van der Waals surface area contributed by atoms with Crippen molar-refractivity contribution in [3.05, 3.63) is 65.9 Å². The molecule has 3 aromatic rings. The van der Waals surface area contributed by atoms with Gasteiger partial charge in [0.1, 0.15) is 0 Å². The third kappa shape index (κ3) is 2.49. The number of aromatic nitrogens is 1. The zero-order chi connectivity index (χ0) is 14.8. The van der Waals surface area contributed by atoms with Gasteiger partial charge in [0, 0.05) is 23.7 Å². The van der Waals surface area contributed by atoms with Gasteiger partial charge in [0.05, 0.1) is 11.1 Å². The van der Waals surface area contributed by atoms with Crippen molar-refractivity contribution in [2.45, 2.75) is 6.54 Å². The fourth-order valence-electron chi connectivity index (χ4n) is 2.40. The minimum absolute atomic E-state index is 0.243. The molecule has 1 aromatic heterocycles. The molecule has 4 nitrogen and oxygen atoms in total. The Balaban J connectivity index is 2.15. The van der Waals surface area contributed by atoms with Crippen LogP contribution in [0.15, 0.2) is 54.7 Å². The third-order valence-electron chi connectivity index (χ3n) is 3.47. The van der Waals surface area contributed by atoms with Gasteiger partial charge < -0.3 is 10.8 Å². The number of nitrogens with zero attached hydrogens (tertiary/aromatic N) is 1. The number of nitrogens with two attached hydrogens (primary N) is 1. The Hall–Kier alpha value is -2.72. The van der Waals surface area contributed by atoms with E-state index < -0.39 is 5.97 Å². The van der Waals surface area contributed by atoms with Crippen LogP contribution in [-0.4, -0.2) is 16.1 Å². The summed E-state index contributed by atoms with van der Waals surface area (Å²) in [6, 6.07) is 14.9. The summed E-state index contributed by atoms with van der Waals surface area (Å²) < 4.78 is 0. The number of carboxylic acids is 1. The molecule has 2 aromatic carbocycles. The molecule has 3 N–H and O–H groups in total. The van der Waals surface area contributed by atoms with Gasteiger partial charge in [-0.15, -0.1) is 0 Å². The molecule has 4 heteroatoms. The van der Waals surface area contributed by atoms with Gasteiger partial charge in [-0.25, -0.2) is 4.79 Å². The minimum atomic E-state index is -0.951. The average Bonchev–Trinajstić information content (AvgIpc) is 2.53. The average molecular weight is 278 g/mol. The lowest BCUT2D eigenvalue weighted by Crippen LogP contribution is -2.03. The van der Waals surface area contributed by atoms with E-state index >= 15 is 0 Å². The number of hydrogen-bond acceptors (Lipinski definition) is 3. The summed E-state index contributed by atoms with van der Waals surface area (Å²) in [5.41, 5.74) is 9.58. The number of carbonyl (C=O) groups is 1. The highest BCUT2D eigenvalue weighted by Gasteiger charge is 2.10. The lowest BCUT2D eigenvalue weighted by atomic mass is 9.97. The van der Waals surface area contributed by atoms with Crippen molar-refractivity contribution < 1.29 is 9.90 Å². The molecule has 0 spiro atoms. The Labute approximate surface area is 121 Å². The first kappa shape index (κ1) is 13.3. The summed E-state index contributed by atoms with van der Waals surface area (Å²) in [4.78, 5) is 15.5. The second kappa shape index (κ2) is 5.34. The Morgan fingerprint density at radius 2 is 1.95 bits per heavy atom. The minimum Gasteiger partial charge on any atom is -0.478 e. The lowest BCUT2D eigenvalue weighted by Gasteiger charge is -2.10. The molecule has 0 aliphatic rings. The smallest absolute Gasteiger partial charge is 0.335 e. The van der Waals surface area contributed by atoms with E-state index in [1.807, 2.05) is 30.3 Å². The summed E-state index contributed by atoms with van der Waals surface area (Å²) in [6.45, 7) is 0.281. The van der Waals surface area contributed by atoms with Crippen LogP contribution >= 0.6 is 0 Å². The first-order valence-corrected chi connectivity index (χ1v) is 6.60. The molecule has 21 heavy (non-hydrogen) atoms. The van der Waals surface area contributed by atoms with E-state index in [0.29, 0.717) is 0 Å². The van der Waals surface area contributed by atoms with E-state index in [9.17, 15) is 4.79 Å². The van der Waals surface area contributed by atoms with Gasteiger partial charge in [-0.3, -0.25) is 4.98 Å². The molecule has 0 radical (unpaired) electrons. The van der Waals surface area contributed by atoms with E-state index in [-0.39, 0.29) is 12.1 Å². The molecular formula is C17H14N2O2. The maximum absolute atomic E-state index is 11.0. The van der Waals surface area contributed by atoms with Crippen molar-refractivity contribution in [2.24, 2.45) is 5.73 Å². The molecule has 0 fully saturated rings. The van der Waals surface area contributed by atoms with E-state index in [1.54, 1.807) is 24.4 Å². The fraction of sp³-hybridized carbons (Fsp3) is 0.0588. The van der Waals surface area contributed by atoms with Gasteiger partial charge in [-0.2, -0.15) is 0 Å². The summed E-state index contributed by atoms with van der Waals surface area (Å²) in [5, 5.41) is 10.1. The Morgan fingerprint density at radius 3 is 2.71 bits per heavy atom. The summed E-state index contributed by atoms with van der Waals surface area (Å²) in [6.07, 6.45) is 1.79. The number of aromatic carboxylic acids is 1. The number of fused-ring (bicyclic) bond motifs is 1. The number of carboxylic acid groups (broad SMARTS) is 1. The van der Waals surface area contributed by atoms with Gasteiger partial charge in [0.25, 0.3) is 0 Å². The number of hydrogen-bond donors (Lipinski definition) is 2. The van der Waals surface area contributed by atoms with Gasteiger partial charge >= 0.3 is 5.97 Å². The fourth-order valence-corrected chi connectivity index (χ4v) is 2.40. The van der Waals surface area contributed by atoms with Crippen LogP contribution in [-0.2, 0) is 6.54 Å². The first-order valence-electron chi connectivity index (χ1n) is 6.60. The molecule has 0 bridgehead atoms. The number of rotatable bonds is 3. The van der Waals surface area contributed by atoms with Crippen molar-refractivity contribution in [3.8, 4) is 11.1 Å². The summed E-state index contributed by atoms with van der Waals surface area (Å²) in [7, 11) is 0. The highest BCUT2D eigenvalue weighted by atomic mass is 16.4. The Morgan fingerprint density at radius 1 is 1.14 bits per heavy atom. The SMILES string of the molecule is NCc1cc(C(=O)O)ccc1-c1cnc2ccccc2c1. The van der Waals surface area contributed by atoms with Crippen LogP contribution in [0.2, 0.25) is 0 Å². The topological polar surface area (TPSA) is 76.2 Å². The van der Waals surface area contributed by atoms with Crippen molar-refractivity contribution in [3.63, 3.8) is 0 Å². The molecule has 0 amide bonds. The second-order valence-electron chi connectivity index (χ2n) is 4.80. The van der Waals surface area contributed by atoms with E-state index in [1.165, 1.54) is 0 Å². The van der Waals surface area contributed by atoms with Crippen molar-refractivity contribution in [2.75, 3.05) is 0 Å². The van der Waals surface area contributed by atoms with Crippen LogP contribution < -0.4 is 5.73 Å². The van der Waals surface area contributed by atoms with Gasteiger partial charge in [-0.05, 0) is 35.4 Å². The molecule has 0 saturated carbocycles. The van der Waals surface area contributed by atoms with Gasteiger partial charge in [0.2, 0.25) is 0 Å². The number of pyridine rings is 1. The molecule has 1 heterocycles.